The average molecular weight is 341 g/mol. The molecule has 5 heteroatoms. The predicted molar refractivity (Wildman–Crippen MR) is 97.9 cm³/mol. The van der Waals surface area contributed by atoms with Gasteiger partial charge >= 0.3 is 0 Å². The molecule has 3 rings (SSSR count). The lowest BCUT2D eigenvalue weighted by Gasteiger charge is -2.13. The van der Waals surface area contributed by atoms with E-state index in [-0.39, 0.29) is 0 Å². The van der Waals surface area contributed by atoms with Crippen LogP contribution in [-0.4, -0.2) is 25.5 Å². The zero-order valence-electron chi connectivity index (χ0n) is 14.1. The molecule has 0 unspecified atom stereocenters. The average Bonchev–Trinajstić information content (AvgIpc) is 2.61. The Balaban J connectivity index is 2.04. The second kappa shape index (κ2) is 7.01. The number of methoxy groups -OCH3 is 2. The monoisotopic (exact) mass is 341 g/mol. The van der Waals surface area contributed by atoms with Gasteiger partial charge in [-0.15, -0.1) is 11.8 Å². The molecule has 0 saturated carbocycles. The lowest BCUT2D eigenvalue weighted by Crippen LogP contribution is -1.93. The van der Waals surface area contributed by atoms with Gasteiger partial charge in [-0.1, -0.05) is 0 Å². The maximum atomic E-state index is 6.10. The number of nitrogens with zero attached hydrogens (tertiary/aromatic N) is 1. The molecule has 0 fully saturated rings. The highest BCUT2D eigenvalue weighted by Gasteiger charge is 2.11. The van der Waals surface area contributed by atoms with Gasteiger partial charge in [-0.3, -0.25) is 4.98 Å². The minimum atomic E-state index is 0.648. The van der Waals surface area contributed by atoms with E-state index in [1.54, 1.807) is 32.2 Å². The lowest BCUT2D eigenvalue weighted by molar-refractivity contribution is 0.355. The van der Waals surface area contributed by atoms with Gasteiger partial charge in [0, 0.05) is 22.5 Å². The van der Waals surface area contributed by atoms with Crippen LogP contribution in [0, 0.1) is 6.92 Å². The van der Waals surface area contributed by atoms with Crippen molar-refractivity contribution in [1.29, 1.82) is 0 Å². The molecule has 0 spiro atoms. The maximum absolute atomic E-state index is 6.10. The van der Waals surface area contributed by atoms with Crippen LogP contribution in [0.5, 0.6) is 23.0 Å². The van der Waals surface area contributed by atoms with Gasteiger partial charge in [0.15, 0.2) is 11.5 Å². The number of fused-ring (bicyclic) bond motifs is 1. The molecule has 0 radical (unpaired) electrons. The summed E-state index contributed by atoms with van der Waals surface area (Å²) in [5.41, 5.74) is 1.99. The molecule has 1 heterocycles. The van der Waals surface area contributed by atoms with E-state index in [1.165, 1.54) is 10.5 Å². The summed E-state index contributed by atoms with van der Waals surface area (Å²) in [5.74, 6) is 2.83. The van der Waals surface area contributed by atoms with E-state index in [0.29, 0.717) is 11.5 Å². The predicted octanol–water partition coefficient (Wildman–Crippen LogP) is 5.07. The van der Waals surface area contributed by atoms with Crippen LogP contribution in [0.3, 0.4) is 0 Å². The van der Waals surface area contributed by atoms with Gasteiger partial charge in [-0.05, 0) is 49.1 Å². The minimum Gasteiger partial charge on any atom is -0.493 e. The number of benzene rings is 2. The molecule has 0 aliphatic rings. The molecule has 24 heavy (non-hydrogen) atoms. The van der Waals surface area contributed by atoms with Gasteiger partial charge in [-0.25, -0.2) is 0 Å². The number of pyridine rings is 1. The fourth-order valence-corrected chi connectivity index (χ4v) is 3.16. The van der Waals surface area contributed by atoms with Crippen molar-refractivity contribution in [2.24, 2.45) is 0 Å². The summed E-state index contributed by atoms with van der Waals surface area (Å²) >= 11 is 1.73. The van der Waals surface area contributed by atoms with E-state index in [4.69, 9.17) is 14.2 Å². The van der Waals surface area contributed by atoms with E-state index >= 15 is 0 Å². The molecular formula is C19H19NO3S. The van der Waals surface area contributed by atoms with Crippen molar-refractivity contribution in [2.75, 3.05) is 20.5 Å². The molecule has 0 amide bonds. The van der Waals surface area contributed by atoms with Crippen LogP contribution in [0.15, 0.2) is 47.5 Å². The number of thioether (sulfide) groups is 1. The van der Waals surface area contributed by atoms with Crippen molar-refractivity contribution >= 4 is 22.7 Å². The Morgan fingerprint density at radius 1 is 0.917 bits per heavy atom. The first-order valence-corrected chi connectivity index (χ1v) is 8.72. The van der Waals surface area contributed by atoms with E-state index in [2.05, 4.69) is 24.2 Å². The summed E-state index contributed by atoms with van der Waals surface area (Å²) in [6.45, 7) is 2.08. The van der Waals surface area contributed by atoms with Crippen LogP contribution in [-0.2, 0) is 0 Å². The van der Waals surface area contributed by atoms with Gasteiger partial charge in [0.05, 0.1) is 19.7 Å². The Morgan fingerprint density at radius 2 is 1.67 bits per heavy atom. The fourth-order valence-electron chi connectivity index (χ4n) is 2.58. The molecule has 0 aliphatic carbocycles. The summed E-state index contributed by atoms with van der Waals surface area (Å²) in [7, 11) is 3.23. The van der Waals surface area contributed by atoms with Gasteiger partial charge < -0.3 is 14.2 Å². The molecule has 4 nitrogen and oxygen atoms in total. The fraction of sp³-hybridized carbons (Fsp3) is 0.211. The molecule has 124 valence electrons. The summed E-state index contributed by atoms with van der Waals surface area (Å²) in [5, 5.41) is 0.877. The van der Waals surface area contributed by atoms with Crippen LogP contribution >= 0.6 is 11.8 Å². The molecule has 2 aromatic carbocycles. The smallest absolute Gasteiger partial charge is 0.162 e. The number of ether oxygens (including phenoxy) is 3. The Hall–Kier alpha value is -2.40. The van der Waals surface area contributed by atoms with Crippen LogP contribution in [0.25, 0.3) is 10.9 Å². The normalized spacial score (nSPS) is 10.7. The Kier molecular flexibility index (Phi) is 4.81. The van der Waals surface area contributed by atoms with Crippen LogP contribution in [0.4, 0.5) is 0 Å². The minimum absolute atomic E-state index is 0.648. The zero-order chi connectivity index (χ0) is 17.1. The second-order valence-electron chi connectivity index (χ2n) is 5.27. The molecular weight excluding hydrogens is 322 g/mol. The Bertz CT molecular complexity index is 880. The number of hydrogen-bond acceptors (Lipinski definition) is 5. The third-order valence-corrected chi connectivity index (χ3v) is 4.70. The van der Waals surface area contributed by atoms with Gasteiger partial charge in [0.2, 0.25) is 0 Å². The summed E-state index contributed by atoms with van der Waals surface area (Å²) in [6.07, 6.45) is 3.80. The van der Waals surface area contributed by atoms with E-state index < -0.39 is 0 Å². The Labute approximate surface area is 145 Å². The standard InChI is InChI=1S/C19H19NO3S/c1-12-9-13(5-6-19(12)24-4)23-16-7-8-20-15-11-18(22-3)17(21-2)10-14(15)16/h5-11H,1-4H3. The summed E-state index contributed by atoms with van der Waals surface area (Å²) in [6, 6.07) is 11.7. The van der Waals surface area contributed by atoms with Crippen LogP contribution < -0.4 is 14.2 Å². The highest BCUT2D eigenvalue weighted by Crippen LogP contribution is 2.37. The van der Waals surface area contributed by atoms with Gasteiger partial charge in [0.25, 0.3) is 0 Å². The molecule has 0 aliphatic heterocycles. The third-order valence-electron chi connectivity index (χ3n) is 3.80. The SMILES string of the molecule is COc1cc2nccc(Oc3ccc(SC)c(C)c3)c2cc1OC. The molecule has 0 saturated heterocycles. The van der Waals surface area contributed by atoms with E-state index in [9.17, 15) is 0 Å². The van der Waals surface area contributed by atoms with Crippen LogP contribution in [0.2, 0.25) is 0 Å². The van der Waals surface area contributed by atoms with Gasteiger partial charge in [0.1, 0.15) is 11.5 Å². The van der Waals surface area contributed by atoms with Gasteiger partial charge in [-0.2, -0.15) is 0 Å². The van der Waals surface area contributed by atoms with E-state index in [0.717, 1.165) is 22.4 Å². The highest BCUT2D eigenvalue weighted by atomic mass is 32.2. The van der Waals surface area contributed by atoms with Crippen molar-refractivity contribution < 1.29 is 14.2 Å². The van der Waals surface area contributed by atoms with Crippen molar-refractivity contribution in [2.45, 2.75) is 11.8 Å². The van der Waals surface area contributed by atoms with Crippen molar-refractivity contribution in [1.82, 2.24) is 4.98 Å². The maximum Gasteiger partial charge on any atom is 0.162 e. The molecule has 0 N–H and O–H groups in total. The third kappa shape index (κ3) is 3.12. The number of rotatable bonds is 5. The quantitative estimate of drug-likeness (QED) is 0.606. The number of aryl methyl sites for hydroxylation is 1. The number of aromatic nitrogens is 1. The van der Waals surface area contributed by atoms with E-state index in [1.807, 2.05) is 30.3 Å². The summed E-state index contributed by atoms with van der Waals surface area (Å²) < 4.78 is 16.8. The largest absolute Gasteiger partial charge is 0.493 e. The first kappa shape index (κ1) is 16.5. The molecule has 0 bridgehead atoms. The van der Waals surface area contributed by atoms with Crippen molar-refractivity contribution in [3.63, 3.8) is 0 Å². The number of hydrogen-bond donors (Lipinski definition) is 0. The molecule has 3 aromatic rings. The second-order valence-corrected chi connectivity index (χ2v) is 6.11. The lowest BCUT2D eigenvalue weighted by atomic mass is 10.1. The first-order chi connectivity index (χ1) is 11.7. The summed E-state index contributed by atoms with van der Waals surface area (Å²) in [4.78, 5) is 5.64. The van der Waals surface area contributed by atoms with Crippen molar-refractivity contribution in [3.05, 3.63) is 48.2 Å². The molecule has 0 atom stereocenters. The Morgan fingerprint density at radius 3 is 2.33 bits per heavy atom. The van der Waals surface area contributed by atoms with Crippen molar-refractivity contribution in [3.8, 4) is 23.0 Å². The molecule has 1 aromatic heterocycles. The topological polar surface area (TPSA) is 40.6 Å². The van der Waals surface area contributed by atoms with Crippen LogP contribution in [0.1, 0.15) is 5.56 Å². The zero-order valence-corrected chi connectivity index (χ0v) is 14.9. The first-order valence-electron chi connectivity index (χ1n) is 7.49. The highest BCUT2D eigenvalue weighted by molar-refractivity contribution is 7.98.